The van der Waals surface area contributed by atoms with Crippen molar-refractivity contribution < 1.29 is 68.0 Å². The number of ether oxygens (including phenoxy) is 7. The predicted molar refractivity (Wildman–Crippen MR) is 200 cm³/mol. The van der Waals surface area contributed by atoms with Gasteiger partial charge in [0.25, 0.3) is 0 Å². The molecule has 0 unspecified atom stereocenters. The molecule has 320 valence electrons. The molecule has 0 bridgehead atoms. The maximum absolute atomic E-state index is 14.2. The molecule has 0 aromatic carbocycles. The molecule has 0 radical (unpaired) electrons. The van der Waals surface area contributed by atoms with Crippen LogP contribution < -0.4 is 0 Å². The lowest BCUT2D eigenvalue weighted by atomic mass is 9.74. The number of carbonyl (C=O) groups is 3. The van der Waals surface area contributed by atoms with Crippen LogP contribution >= 0.6 is 0 Å². The summed E-state index contributed by atoms with van der Waals surface area (Å²) < 4.78 is 43.6. The predicted octanol–water partition coefficient (Wildman–Crippen LogP) is 2.75. The summed E-state index contributed by atoms with van der Waals surface area (Å²) in [7, 11) is 5.21. The molecule has 0 aromatic heterocycles. The first-order valence-corrected chi connectivity index (χ1v) is 19.9. The van der Waals surface area contributed by atoms with Crippen molar-refractivity contribution in [1.82, 2.24) is 4.90 Å². The molecule has 0 saturated carbocycles. The topological polar surface area (TPSA) is 200 Å². The molecule has 0 amide bonds. The highest BCUT2D eigenvalue weighted by Gasteiger charge is 2.54. The summed E-state index contributed by atoms with van der Waals surface area (Å²) in [4.78, 5) is 42.9. The Morgan fingerprint density at radius 1 is 0.891 bits per heavy atom. The number of carbonyl (C=O) groups excluding carboxylic acids is 3. The van der Waals surface area contributed by atoms with Gasteiger partial charge in [-0.3, -0.25) is 14.4 Å². The second kappa shape index (κ2) is 18.9. The highest BCUT2D eigenvalue weighted by Crippen LogP contribution is 2.41. The molecule has 3 saturated heterocycles. The lowest BCUT2D eigenvalue weighted by molar-refractivity contribution is -0.319. The molecule has 0 aliphatic carbocycles. The number of aliphatic hydroxyl groups is 4. The smallest absolute Gasteiger partial charge is 0.311 e. The van der Waals surface area contributed by atoms with Gasteiger partial charge in [-0.2, -0.15) is 0 Å². The molecular weight excluding hydrogens is 718 g/mol. The molecule has 4 N–H and O–H groups in total. The van der Waals surface area contributed by atoms with E-state index in [2.05, 4.69) is 0 Å². The zero-order chi connectivity index (χ0) is 42.0. The lowest BCUT2D eigenvalue weighted by Crippen LogP contribution is -2.61. The minimum atomic E-state index is -2.01. The molecule has 18 atom stereocenters. The average Bonchev–Trinajstić information content (AvgIpc) is 3.11. The number of cyclic esters (lactones) is 1. The summed E-state index contributed by atoms with van der Waals surface area (Å²) in [5.41, 5.74) is -4.92. The van der Waals surface area contributed by atoms with Gasteiger partial charge >= 0.3 is 11.9 Å². The number of Topliss-reactive ketones (excluding diaryl/α,β-unsaturated/α-hetero) is 1. The van der Waals surface area contributed by atoms with E-state index in [1.807, 2.05) is 25.9 Å². The fraction of sp³-hybridized carbons (Fsp3) is 0.925. The third-order valence-electron chi connectivity index (χ3n) is 12.4. The van der Waals surface area contributed by atoms with Crippen molar-refractivity contribution in [2.24, 2.45) is 23.7 Å². The molecule has 3 aliphatic heterocycles. The third-order valence-corrected chi connectivity index (χ3v) is 12.4. The molecule has 15 nitrogen and oxygen atoms in total. The van der Waals surface area contributed by atoms with Crippen LogP contribution in [0.1, 0.15) is 108 Å². The first-order chi connectivity index (χ1) is 25.4. The zero-order valence-electron chi connectivity index (χ0n) is 35.5. The largest absolute Gasteiger partial charge is 0.459 e. The van der Waals surface area contributed by atoms with Crippen LogP contribution in [-0.4, -0.2) is 149 Å². The van der Waals surface area contributed by atoms with Crippen LogP contribution in [0.4, 0.5) is 0 Å². The normalized spacial score (nSPS) is 46.9. The number of nitrogens with zero attached hydrogens (tertiary/aromatic N) is 1. The van der Waals surface area contributed by atoms with Crippen molar-refractivity contribution in [1.29, 1.82) is 0 Å². The number of hydrogen-bond donors (Lipinski definition) is 4. The van der Waals surface area contributed by atoms with E-state index in [0.29, 0.717) is 6.42 Å². The maximum Gasteiger partial charge on any atom is 0.311 e. The van der Waals surface area contributed by atoms with Crippen molar-refractivity contribution in [2.75, 3.05) is 21.2 Å². The molecular formula is C40H71NO14. The molecule has 55 heavy (non-hydrogen) atoms. The van der Waals surface area contributed by atoms with Gasteiger partial charge in [0.05, 0.1) is 53.7 Å². The first-order valence-electron chi connectivity index (χ1n) is 19.9. The van der Waals surface area contributed by atoms with Gasteiger partial charge in [-0.05, 0) is 74.9 Å². The Labute approximate surface area is 327 Å². The molecule has 0 aromatic rings. The molecule has 0 spiro atoms. The van der Waals surface area contributed by atoms with Crippen molar-refractivity contribution in [3.05, 3.63) is 0 Å². The second-order valence-corrected chi connectivity index (χ2v) is 17.3. The molecule has 3 heterocycles. The van der Waals surface area contributed by atoms with Crippen LogP contribution in [0.3, 0.4) is 0 Å². The Morgan fingerprint density at radius 3 is 2.05 bits per heavy atom. The summed E-state index contributed by atoms with van der Waals surface area (Å²) in [6.07, 6.45) is -9.68. The monoisotopic (exact) mass is 789 g/mol. The van der Waals surface area contributed by atoms with Gasteiger partial charge in [0.1, 0.15) is 23.6 Å². The van der Waals surface area contributed by atoms with Crippen LogP contribution in [0.5, 0.6) is 0 Å². The quantitative estimate of drug-likeness (QED) is 0.249. The molecule has 3 rings (SSSR count). The van der Waals surface area contributed by atoms with Gasteiger partial charge in [0.15, 0.2) is 18.7 Å². The summed E-state index contributed by atoms with van der Waals surface area (Å²) in [5.74, 6) is -5.59. The SMILES string of the molecule is CCC(=O)O[C@H]1[C@@H](O[C@@H]2[C@@H](C)[C@H](O[C@H]3C[C@](C)(OC)[C@H](O)[C@@H](C)O3)[C@@H](C)C(=O)O[C@H](CC)[C@@](C)(O)[C@H](O)[C@@H](C)C(=O)[C@H](C)C[C@]2(C)O)O[C@H](C)C[C@@H]1N(C)C. The molecule has 15 heteroatoms. The average molecular weight is 790 g/mol. The summed E-state index contributed by atoms with van der Waals surface area (Å²) >= 11 is 0. The van der Waals surface area contributed by atoms with E-state index in [4.69, 9.17) is 33.2 Å². The summed E-state index contributed by atoms with van der Waals surface area (Å²) in [5, 5.41) is 46.6. The lowest BCUT2D eigenvalue weighted by Gasteiger charge is -2.49. The fourth-order valence-corrected chi connectivity index (χ4v) is 8.76. The Hall–Kier alpha value is -1.79. The van der Waals surface area contributed by atoms with Crippen LogP contribution in [0.25, 0.3) is 0 Å². The number of methoxy groups -OCH3 is 1. The maximum atomic E-state index is 14.2. The van der Waals surface area contributed by atoms with Crippen molar-refractivity contribution in [2.45, 2.75) is 193 Å². The number of aliphatic hydroxyl groups excluding tert-OH is 2. The molecule has 3 fully saturated rings. The third kappa shape index (κ3) is 10.6. The Kier molecular flexibility index (Phi) is 16.3. The van der Waals surface area contributed by atoms with Crippen molar-refractivity contribution in [3.8, 4) is 0 Å². The van der Waals surface area contributed by atoms with Gasteiger partial charge < -0.3 is 58.5 Å². The van der Waals surface area contributed by atoms with E-state index >= 15 is 0 Å². The van der Waals surface area contributed by atoms with E-state index in [9.17, 15) is 34.8 Å². The first kappa shape index (κ1) is 47.6. The van der Waals surface area contributed by atoms with Crippen LogP contribution in [-0.2, 0) is 47.5 Å². The Balaban J connectivity index is 2.24. The van der Waals surface area contributed by atoms with Crippen LogP contribution in [0.2, 0.25) is 0 Å². The van der Waals surface area contributed by atoms with E-state index in [1.165, 1.54) is 27.9 Å². The van der Waals surface area contributed by atoms with Crippen molar-refractivity contribution in [3.63, 3.8) is 0 Å². The standard InChI is InChI=1S/C40H71NO14/c1-15-27-40(11,48)33(44)22(5)30(43)20(3)18-38(9,47)35(55-37-32(53-28(42)16-2)26(41(12)13)17-21(4)50-37)23(6)31(24(7)36(46)52-27)54-29-19-39(10,49-14)34(45)25(8)51-29/h20-27,29,31-35,37,44-45,47-48H,15-19H2,1-14H3/t20-,21-,22+,23+,24-,25-,26+,27-,29+,31+,32-,33-,34-,35-,37-,38+,39+,40-/m1/s1. The van der Waals surface area contributed by atoms with E-state index in [1.54, 1.807) is 48.5 Å². The van der Waals surface area contributed by atoms with Crippen molar-refractivity contribution >= 4 is 17.7 Å². The zero-order valence-corrected chi connectivity index (χ0v) is 35.5. The van der Waals surface area contributed by atoms with E-state index < -0.39 is 114 Å². The van der Waals surface area contributed by atoms with Crippen LogP contribution in [0.15, 0.2) is 0 Å². The summed E-state index contributed by atoms with van der Waals surface area (Å²) in [6, 6.07) is -0.319. The number of rotatable bonds is 9. The minimum absolute atomic E-state index is 0.0760. The Bertz CT molecular complexity index is 1290. The van der Waals surface area contributed by atoms with Gasteiger partial charge in [0, 0.05) is 37.7 Å². The van der Waals surface area contributed by atoms with Gasteiger partial charge in [0.2, 0.25) is 0 Å². The second-order valence-electron chi connectivity index (χ2n) is 17.3. The fourth-order valence-electron chi connectivity index (χ4n) is 8.76. The number of esters is 2. The van der Waals surface area contributed by atoms with E-state index in [-0.39, 0.29) is 37.8 Å². The molecule has 3 aliphatic rings. The van der Waals surface area contributed by atoms with Crippen LogP contribution in [0, 0.1) is 23.7 Å². The summed E-state index contributed by atoms with van der Waals surface area (Å²) in [6.45, 7) is 18.0. The number of hydrogen-bond acceptors (Lipinski definition) is 15. The van der Waals surface area contributed by atoms with Gasteiger partial charge in [-0.25, -0.2) is 0 Å². The van der Waals surface area contributed by atoms with Gasteiger partial charge in [-0.15, -0.1) is 0 Å². The Morgan fingerprint density at radius 2 is 1.51 bits per heavy atom. The minimum Gasteiger partial charge on any atom is -0.459 e. The van der Waals surface area contributed by atoms with E-state index in [0.717, 1.165) is 0 Å². The highest BCUT2D eigenvalue weighted by molar-refractivity contribution is 5.83. The number of ketones is 1. The highest BCUT2D eigenvalue weighted by atomic mass is 16.7. The van der Waals surface area contributed by atoms with Gasteiger partial charge in [-0.1, -0.05) is 34.6 Å². The number of likely N-dealkylation sites (N-methyl/N-ethyl adjacent to an activating group) is 1.